The summed E-state index contributed by atoms with van der Waals surface area (Å²) in [6.45, 7) is 5.70. The number of hydrogen-bond donors (Lipinski definition) is 2. The van der Waals surface area contributed by atoms with Crippen molar-refractivity contribution in [2.24, 2.45) is 5.92 Å². The fourth-order valence-electron chi connectivity index (χ4n) is 2.33. The Balaban J connectivity index is 2.18. The first-order chi connectivity index (χ1) is 11.4. The van der Waals surface area contributed by atoms with Gasteiger partial charge in [0.15, 0.2) is 0 Å². The predicted molar refractivity (Wildman–Crippen MR) is 89.2 cm³/mol. The van der Waals surface area contributed by atoms with Crippen LogP contribution in [0.15, 0.2) is 28.7 Å². The zero-order chi connectivity index (χ0) is 17.7. The van der Waals surface area contributed by atoms with Crippen molar-refractivity contribution in [3.63, 3.8) is 0 Å². The van der Waals surface area contributed by atoms with Crippen LogP contribution in [-0.2, 0) is 4.79 Å². The summed E-state index contributed by atoms with van der Waals surface area (Å²) in [5.74, 6) is 0.562. The van der Waals surface area contributed by atoms with Gasteiger partial charge in [-0.15, -0.1) is 10.2 Å². The molecule has 7 heteroatoms. The molecule has 0 aliphatic carbocycles. The van der Waals surface area contributed by atoms with E-state index in [0.29, 0.717) is 29.3 Å². The summed E-state index contributed by atoms with van der Waals surface area (Å²) in [7, 11) is 1.56. The van der Waals surface area contributed by atoms with Gasteiger partial charge in [0.25, 0.3) is 5.91 Å². The summed E-state index contributed by atoms with van der Waals surface area (Å²) in [6, 6.07) is 6.29. The van der Waals surface area contributed by atoms with Gasteiger partial charge >= 0.3 is 0 Å². The predicted octanol–water partition coefficient (Wildman–Crippen LogP) is 1.94. The molecule has 2 amide bonds. The first-order valence-corrected chi connectivity index (χ1v) is 7.83. The van der Waals surface area contributed by atoms with Gasteiger partial charge in [0.2, 0.25) is 17.7 Å². The van der Waals surface area contributed by atoms with Gasteiger partial charge in [-0.2, -0.15) is 0 Å². The number of aryl methyl sites for hydroxylation is 1. The lowest BCUT2D eigenvalue weighted by atomic mass is 10.0. The number of nitrogens with zero attached hydrogens (tertiary/aromatic N) is 2. The number of benzene rings is 1. The van der Waals surface area contributed by atoms with Crippen LogP contribution in [0.3, 0.4) is 0 Å². The van der Waals surface area contributed by atoms with Gasteiger partial charge in [-0.1, -0.05) is 19.9 Å². The van der Waals surface area contributed by atoms with E-state index in [9.17, 15) is 9.59 Å². The van der Waals surface area contributed by atoms with Crippen molar-refractivity contribution < 1.29 is 14.0 Å². The molecule has 1 aromatic carbocycles. The highest BCUT2D eigenvalue weighted by Gasteiger charge is 2.21. The molecule has 0 fully saturated rings. The molecule has 1 aromatic heterocycles. The van der Waals surface area contributed by atoms with E-state index in [4.69, 9.17) is 4.42 Å². The van der Waals surface area contributed by atoms with Crippen LogP contribution in [0.5, 0.6) is 0 Å². The van der Waals surface area contributed by atoms with Crippen molar-refractivity contribution >= 4 is 11.8 Å². The summed E-state index contributed by atoms with van der Waals surface area (Å²) in [5, 5.41) is 13.1. The standard InChI is InChI=1S/C17H22N4O3/c1-10(2)8-14(16(23)18-4)19-15(22)12-6-5-7-13(9-12)17-21-20-11(3)24-17/h5-7,9-10,14H,8H2,1-4H3,(H,18,23)(H,19,22). The highest BCUT2D eigenvalue weighted by Crippen LogP contribution is 2.19. The molecule has 1 atom stereocenters. The van der Waals surface area contributed by atoms with Crippen LogP contribution in [0.2, 0.25) is 0 Å². The largest absolute Gasteiger partial charge is 0.421 e. The molecule has 0 spiro atoms. The van der Waals surface area contributed by atoms with E-state index in [1.807, 2.05) is 13.8 Å². The molecule has 0 aliphatic heterocycles. The first-order valence-electron chi connectivity index (χ1n) is 7.83. The molecule has 1 heterocycles. The molecule has 128 valence electrons. The monoisotopic (exact) mass is 330 g/mol. The molecule has 0 radical (unpaired) electrons. The molecule has 1 unspecified atom stereocenters. The third kappa shape index (κ3) is 4.41. The average molecular weight is 330 g/mol. The maximum atomic E-state index is 12.5. The molecule has 0 saturated carbocycles. The lowest BCUT2D eigenvalue weighted by Gasteiger charge is -2.19. The molecule has 2 aromatic rings. The molecule has 0 bridgehead atoms. The SMILES string of the molecule is CNC(=O)C(CC(C)C)NC(=O)c1cccc(-c2nnc(C)o2)c1. The molecular formula is C17H22N4O3. The highest BCUT2D eigenvalue weighted by molar-refractivity contribution is 5.98. The smallest absolute Gasteiger partial charge is 0.251 e. The van der Waals surface area contributed by atoms with E-state index in [0.717, 1.165) is 0 Å². The normalized spacial score (nSPS) is 12.0. The summed E-state index contributed by atoms with van der Waals surface area (Å²) in [6.07, 6.45) is 0.563. The zero-order valence-electron chi connectivity index (χ0n) is 14.3. The van der Waals surface area contributed by atoms with Gasteiger partial charge < -0.3 is 15.1 Å². The zero-order valence-corrected chi connectivity index (χ0v) is 14.3. The minimum Gasteiger partial charge on any atom is -0.421 e. The minimum absolute atomic E-state index is 0.208. The second kappa shape index (κ2) is 7.72. The first kappa shape index (κ1) is 17.7. The van der Waals surface area contributed by atoms with Crippen molar-refractivity contribution in [1.29, 1.82) is 0 Å². The Labute approximate surface area is 140 Å². The summed E-state index contributed by atoms with van der Waals surface area (Å²) >= 11 is 0. The second-order valence-electron chi connectivity index (χ2n) is 5.98. The Morgan fingerprint density at radius 3 is 2.58 bits per heavy atom. The summed E-state index contributed by atoms with van der Waals surface area (Å²) in [5.41, 5.74) is 1.09. The summed E-state index contributed by atoms with van der Waals surface area (Å²) < 4.78 is 5.38. The molecule has 0 aliphatic rings. The van der Waals surface area contributed by atoms with Crippen molar-refractivity contribution in [3.05, 3.63) is 35.7 Å². The van der Waals surface area contributed by atoms with Crippen LogP contribution in [0.4, 0.5) is 0 Å². The number of rotatable bonds is 6. The van der Waals surface area contributed by atoms with Gasteiger partial charge in [0.05, 0.1) is 0 Å². The fraction of sp³-hybridized carbons (Fsp3) is 0.412. The van der Waals surface area contributed by atoms with Crippen LogP contribution in [0.25, 0.3) is 11.5 Å². The van der Waals surface area contributed by atoms with E-state index in [-0.39, 0.29) is 17.7 Å². The minimum atomic E-state index is -0.572. The highest BCUT2D eigenvalue weighted by atomic mass is 16.4. The van der Waals surface area contributed by atoms with Gasteiger partial charge in [-0.05, 0) is 30.5 Å². The van der Waals surface area contributed by atoms with Crippen LogP contribution < -0.4 is 10.6 Å². The van der Waals surface area contributed by atoms with Gasteiger partial charge in [0.1, 0.15) is 6.04 Å². The molecule has 24 heavy (non-hydrogen) atoms. The second-order valence-corrected chi connectivity index (χ2v) is 5.98. The maximum absolute atomic E-state index is 12.5. The Morgan fingerprint density at radius 1 is 1.25 bits per heavy atom. The summed E-state index contributed by atoms with van der Waals surface area (Å²) in [4.78, 5) is 24.4. The van der Waals surface area contributed by atoms with Crippen molar-refractivity contribution in [3.8, 4) is 11.5 Å². The number of amides is 2. The number of likely N-dealkylation sites (N-methyl/N-ethyl adjacent to an activating group) is 1. The van der Waals surface area contributed by atoms with E-state index >= 15 is 0 Å². The average Bonchev–Trinajstić information content (AvgIpc) is 2.99. The Kier molecular flexibility index (Phi) is 5.68. The molecule has 2 N–H and O–H groups in total. The van der Waals surface area contributed by atoms with Crippen molar-refractivity contribution in [2.75, 3.05) is 7.05 Å². The lowest BCUT2D eigenvalue weighted by Crippen LogP contribution is -2.46. The number of nitrogens with one attached hydrogen (secondary N) is 2. The molecule has 7 nitrogen and oxygen atoms in total. The number of carbonyl (C=O) groups is 2. The Morgan fingerprint density at radius 2 is 2.00 bits per heavy atom. The number of aromatic nitrogens is 2. The van der Waals surface area contributed by atoms with Gasteiger partial charge in [0, 0.05) is 25.1 Å². The lowest BCUT2D eigenvalue weighted by molar-refractivity contribution is -0.122. The van der Waals surface area contributed by atoms with E-state index < -0.39 is 6.04 Å². The fourth-order valence-corrected chi connectivity index (χ4v) is 2.33. The molecule has 2 rings (SSSR count). The number of hydrogen-bond acceptors (Lipinski definition) is 5. The van der Waals surface area contributed by atoms with E-state index in [2.05, 4.69) is 20.8 Å². The quantitative estimate of drug-likeness (QED) is 0.843. The van der Waals surface area contributed by atoms with E-state index in [1.54, 1.807) is 38.2 Å². The van der Waals surface area contributed by atoms with Crippen LogP contribution in [-0.4, -0.2) is 35.1 Å². The molecular weight excluding hydrogens is 308 g/mol. The van der Waals surface area contributed by atoms with E-state index in [1.165, 1.54) is 0 Å². The van der Waals surface area contributed by atoms with Gasteiger partial charge in [-0.25, -0.2) is 0 Å². The van der Waals surface area contributed by atoms with Crippen LogP contribution in [0.1, 0.15) is 36.5 Å². The third-order valence-electron chi connectivity index (χ3n) is 3.47. The van der Waals surface area contributed by atoms with Crippen LogP contribution in [0, 0.1) is 12.8 Å². The molecule has 0 saturated heterocycles. The number of carbonyl (C=O) groups excluding carboxylic acids is 2. The third-order valence-corrected chi connectivity index (χ3v) is 3.47. The topological polar surface area (TPSA) is 97.1 Å². The Bertz CT molecular complexity index is 724. The van der Waals surface area contributed by atoms with Crippen molar-refractivity contribution in [2.45, 2.75) is 33.2 Å². The Hall–Kier alpha value is -2.70. The maximum Gasteiger partial charge on any atom is 0.251 e. The van der Waals surface area contributed by atoms with Crippen LogP contribution >= 0.6 is 0 Å². The van der Waals surface area contributed by atoms with Crippen molar-refractivity contribution in [1.82, 2.24) is 20.8 Å². The van der Waals surface area contributed by atoms with Gasteiger partial charge in [-0.3, -0.25) is 9.59 Å².